The van der Waals surface area contributed by atoms with Crippen molar-refractivity contribution in [2.24, 2.45) is 5.10 Å². The van der Waals surface area contributed by atoms with E-state index >= 15 is 0 Å². The lowest BCUT2D eigenvalue weighted by molar-refractivity contribution is 0.257. The van der Waals surface area contributed by atoms with Crippen LogP contribution in [0.25, 0.3) is 0 Å². The van der Waals surface area contributed by atoms with Gasteiger partial charge in [0.1, 0.15) is 0 Å². The second kappa shape index (κ2) is 2.38. The Balaban J connectivity index is 2.47. The van der Waals surface area contributed by atoms with Gasteiger partial charge < -0.3 is 0 Å². The zero-order valence-electron chi connectivity index (χ0n) is 6.39. The first-order valence-electron chi connectivity index (χ1n) is 3.51. The van der Waals surface area contributed by atoms with Crippen molar-refractivity contribution in [3.8, 4) is 0 Å². The van der Waals surface area contributed by atoms with Gasteiger partial charge in [-0.25, -0.2) is 0 Å². The van der Waals surface area contributed by atoms with Gasteiger partial charge in [-0.3, -0.25) is 5.01 Å². The van der Waals surface area contributed by atoms with Gasteiger partial charge in [-0.2, -0.15) is 5.10 Å². The van der Waals surface area contributed by atoms with Crippen LogP contribution in [0.1, 0.15) is 27.2 Å². The van der Waals surface area contributed by atoms with Crippen molar-refractivity contribution in [2.45, 2.75) is 33.2 Å². The fraction of sp³-hybridized carbons (Fsp3) is 0.857. The van der Waals surface area contributed by atoms with Crippen LogP contribution in [0.3, 0.4) is 0 Å². The summed E-state index contributed by atoms with van der Waals surface area (Å²) in [7, 11) is 0. The summed E-state index contributed by atoms with van der Waals surface area (Å²) in [5.74, 6) is 0. The number of hydrogen-bond acceptors (Lipinski definition) is 2. The van der Waals surface area contributed by atoms with E-state index in [0.29, 0.717) is 6.04 Å². The van der Waals surface area contributed by atoms with Gasteiger partial charge in [0.25, 0.3) is 0 Å². The van der Waals surface area contributed by atoms with E-state index in [4.69, 9.17) is 0 Å². The number of nitrogens with zero attached hydrogens (tertiary/aromatic N) is 2. The third-order valence-electron chi connectivity index (χ3n) is 1.60. The van der Waals surface area contributed by atoms with Crippen molar-refractivity contribution in [3.63, 3.8) is 0 Å². The molecule has 0 aromatic rings. The molecule has 0 fully saturated rings. The zero-order valence-corrected chi connectivity index (χ0v) is 6.39. The van der Waals surface area contributed by atoms with Crippen molar-refractivity contribution in [3.05, 3.63) is 0 Å². The first kappa shape index (κ1) is 6.59. The molecule has 0 spiro atoms. The van der Waals surface area contributed by atoms with E-state index in [1.807, 2.05) is 0 Å². The van der Waals surface area contributed by atoms with Crippen LogP contribution in [-0.4, -0.2) is 23.3 Å². The maximum absolute atomic E-state index is 4.34. The van der Waals surface area contributed by atoms with Crippen LogP contribution >= 0.6 is 0 Å². The Morgan fingerprint density at radius 3 is 2.44 bits per heavy atom. The highest BCUT2D eigenvalue weighted by Crippen LogP contribution is 2.08. The molecular weight excluding hydrogens is 112 g/mol. The van der Waals surface area contributed by atoms with E-state index in [1.165, 1.54) is 5.71 Å². The first-order valence-corrected chi connectivity index (χ1v) is 3.51. The van der Waals surface area contributed by atoms with Gasteiger partial charge in [-0.05, 0) is 20.8 Å². The Bertz CT molecular complexity index is 127. The third kappa shape index (κ3) is 1.44. The Morgan fingerprint density at radius 1 is 1.56 bits per heavy atom. The molecule has 2 nitrogen and oxygen atoms in total. The molecule has 1 rings (SSSR count). The van der Waals surface area contributed by atoms with Crippen LogP contribution in [0.4, 0.5) is 0 Å². The van der Waals surface area contributed by atoms with Crippen LogP contribution in [0, 0.1) is 0 Å². The van der Waals surface area contributed by atoms with Crippen molar-refractivity contribution in [2.75, 3.05) is 6.54 Å². The van der Waals surface area contributed by atoms with Crippen molar-refractivity contribution >= 4 is 5.71 Å². The van der Waals surface area contributed by atoms with E-state index in [1.54, 1.807) is 0 Å². The second-order valence-corrected chi connectivity index (χ2v) is 2.84. The molecule has 1 heterocycles. The summed E-state index contributed by atoms with van der Waals surface area (Å²) in [4.78, 5) is 0. The average Bonchev–Trinajstić information content (AvgIpc) is 2.14. The molecule has 0 unspecified atom stereocenters. The van der Waals surface area contributed by atoms with Gasteiger partial charge in [0.05, 0.1) is 0 Å². The second-order valence-electron chi connectivity index (χ2n) is 2.84. The Kier molecular flexibility index (Phi) is 1.74. The van der Waals surface area contributed by atoms with Gasteiger partial charge in [0.15, 0.2) is 0 Å². The molecule has 1 aliphatic rings. The maximum atomic E-state index is 4.34. The Labute approximate surface area is 56.5 Å². The van der Waals surface area contributed by atoms with E-state index < -0.39 is 0 Å². The normalized spacial score (nSPS) is 19.1. The molecule has 52 valence electrons. The van der Waals surface area contributed by atoms with Crippen molar-refractivity contribution in [1.82, 2.24) is 5.01 Å². The largest absolute Gasteiger partial charge is 0.294 e. The highest BCUT2D eigenvalue weighted by Gasteiger charge is 2.12. The summed E-state index contributed by atoms with van der Waals surface area (Å²) >= 11 is 0. The minimum atomic E-state index is 0.572. The molecule has 0 amide bonds. The quantitative estimate of drug-likeness (QED) is 0.519. The van der Waals surface area contributed by atoms with Crippen LogP contribution in [-0.2, 0) is 0 Å². The fourth-order valence-corrected chi connectivity index (χ4v) is 0.969. The van der Waals surface area contributed by atoms with Gasteiger partial charge in [-0.1, -0.05) is 0 Å². The summed E-state index contributed by atoms with van der Waals surface area (Å²) in [6.45, 7) is 7.54. The predicted octanol–water partition coefficient (Wildman–Crippen LogP) is 1.48. The Hall–Kier alpha value is -0.530. The van der Waals surface area contributed by atoms with Gasteiger partial charge in [0, 0.05) is 24.7 Å². The average molecular weight is 126 g/mol. The van der Waals surface area contributed by atoms with Crippen LogP contribution in [0.5, 0.6) is 0 Å². The monoisotopic (exact) mass is 126 g/mol. The fourth-order valence-electron chi connectivity index (χ4n) is 0.969. The molecule has 0 N–H and O–H groups in total. The van der Waals surface area contributed by atoms with E-state index in [9.17, 15) is 0 Å². The summed E-state index contributed by atoms with van der Waals surface area (Å²) in [6, 6.07) is 0.572. The zero-order chi connectivity index (χ0) is 6.85. The molecule has 1 aliphatic heterocycles. The molecule has 0 radical (unpaired) electrons. The SMILES string of the molecule is CC1=NN(C(C)C)CC1. The lowest BCUT2D eigenvalue weighted by Gasteiger charge is -2.17. The molecule has 0 saturated carbocycles. The topological polar surface area (TPSA) is 15.6 Å². The summed E-state index contributed by atoms with van der Waals surface area (Å²) in [5, 5.41) is 6.47. The molecule has 9 heavy (non-hydrogen) atoms. The van der Waals surface area contributed by atoms with Gasteiger partial charge in [-0.15, -0.1) is 0 Å². The van der Waals surface area contributed by atoms with Gasteiger partial charge in [0.2, 0.25) is 0 Å². The molecule has 0 aliphatic carbocycles. The highest BCUT2D eigenvalue weighted by atomic mass is 15.5. The van der Waals surface area contributed by atoms with E-state index in [0.717, 1.165) is 13.0 Å². The van der Waals surface area contributed by atoms with Crippen LogP contribution in [0.15, 0.2) is 5.10 Å². The minimum absolute atomic E-state index is 0.572. The molecule has 0 bridgehead atoms. The van der Waals surface area contributed by atoms with Crippen LogP contribution in [0.2, 0.25) is 0 Å². The number of hydrogen-bond donors (Lipinski definition) is 0. The summed E-state index contributed by atoms with van der Waals surface area (Å²) in [5.41, 5.74) is 1.27. The molecule has 2 heteroatoms. The number of hydrazone groups is 1. The summed E-state index contributed by atoms with van der Waals surface area (Å²) < 4.78 is 0. The predicted molar refractivity (Wildman–Crippen MR) is 39.6 cm³/mol. The third-order valence-corrected chi connectivity index (χ3v) is 1.60. The first-order chi connectivity index (χ1) is 4.20. The molecular formula is C7H14N2. The van der Waals surface area contributed by atoms with Crippen LogP contribution < -0.4 is 0 Å². The maximum Gasteiger partial charge on any atom is 0.0416 e. The summed E-state index contributed by atoms with van der Waals surface area (Å²) in [6.07, 6.45) is 1.15. The van der Waals surface area contributed by atoms with Crippen molar-refractivity contribution < 1.29 is 0 Å². The van der Waals surface area contributed by atoms with Crippen molar-refractivity contribution in [1.29, 1.82) is 0 Å². The molecule has 0 atom stereocenters. The minimum Gasteiger partial charge on any atom is -0.294 e. The van der Waals surface area contributed by atoms with Gasteiger partial charge >= 0.3 is 0 Å². The van der Waals surface area contributed by atoms with E-state index in [-0.39, 0.29) is 0 Å². The standard InChI is InChI=1S/C7H14N2/c1-6(2)9-5-4-7(3)8-9/h6H,4-5H2,1-3H3. The molecule has 0 aromatic heterocycles. The molecule has 0 saturated heterocycles. The lowest BCUT2D eigenvalue weighted by Crippen LogP contribution is -2.22. The smallest absolute Gasteiger partial charge is 0.0416 e. The lowest BCUT2D eigenvalue weighted by atomic mass is 10.3. The van der Waals surface area contributed by atoms with E-state index in [2.05, 4.69) is 30.9 Å². The Morgan fingerprint density at radius 2 is 2.22 bits per heavy atom. The molecule has 0 aromatic carbocycles. The highest BCUT2D eigenvalue weighted by molar-refractivity contribution is 5.82. The number of rotatable bonds is 1.